The summed E-state index contributed by atoms with van der Waals surface area (Å²) >= 11 is 6.57. The number of nitrogens with zero attached hydrogens (tertiary/aromatic N) is 1. The molecule has 0 radical (unpaired) electrons. The molecular formula is C22H31ClN2O. The minimum Gasteiger partial charge on any atom is -0.390 e. The Morgan fingerprint density at radius 1 is 1.19 bits per heavy atom. The summed E-state index contributed by atoms with van der Waals surface area (Å²) in [4.78, 5) is 0. The van der Waals surface area contributed by atoms with Gasteiger partial charge in [0, 0.05) is 23.7 Å². The zero-order valence-corrected chi connectivity index (χ0v) is 16.6. The second-order valence-corrected chi connectivity index (χ2v) is 8.72. The van der Waals surface area contributed by atoms with Crippen molar-refractivity contribution in [2.75, 3.05) is 6.54 Å². The van der Waals surface area contributed by atoms with E-state index in [1.54, 1.807) is 0 Å². The van der Waals surface area contributed by atoms with Crippen LogP contribution in [-0.4, -0.2) is 28.4 Å². The predicted molar refractivity (Wildman–Crippen MR) is 109 cm³/mol. The number of rotatable bonds is 5. The molecule has 2 aliphatic rings. The molecule has 0 unspecified atom stereocenters. The number of halogens is 1. The van der Waals surface area contributed by atoms with Crippen molar-refractivity contribution in [3.63, 3.8) is 0 Å². The minimum atomic E-state index is -0.387. The molecule has 2 aliphatic carbocycles. The van der Waals surface area contributed by atoms with E-state index in [4.69, 9.17) is 11.6 Å². The Kier molecular flexibility index (Phi) is 5.58. The fourth-order valence-electron chi connectivity index (χ4n) is 5.03. The lowest BCUT2D eigenvalue weighted by Crippen LogP contribution is -2.42. The van der Waals surface area contributed by atoms with Gasteiger partial charge < -0.3 is 15.0 Å². The van der Waals surface area contributed by atoms with Gasteiger partial charge in [0.25, 0.3) is 0 Å². The van der Waals surface area contributed by atoms with Gasteiger partial charge in [-0.1, -0.05) is 43.5 Å². The van der Waals surface area contributed by atoms with Crippen LogP contribution in [0.3, 0.4) is 0 Å². The summed E-state index contributed by atoms with van der Waals surface area (Å²) in [7, 11) is 0. The van der Waals surface area contributed by atoms with Crippen LogP contribution in [-0.2, 0) is 19.4 Å². The first-order valence-corrected chi connectivity index (χ1v) is 10.7. The highest BCUT2D eigenvalue weighted by Gasteiger charge is 2.24. The lowest BCUT2D eigenvalue weighted by atomic mass is 9.86. The molecule has 1 aromatic heterocycles. The first-order chi connectivity index (χ1) is 12.6. The molecule has 0 bridgehead atoms. The number of aliphatic hydroxyl groups excluding tert-OH is 1. The third-order valence-corrected chi connectivity index (χ3v) is 6.77. The van der Waals surface area contributed by atoms with Crippen molar-refractivity contribution in [1.82, 2.24) is 9.88 Å². The van der Waals surface area contributed by atoms with Crippen LogP contribution in [0.2, 0.25) is 5.02 Å². The second-order valence-electron chi connectivity index (χ2n) is 8.31. The van der Waals surface area contributed by atoms with E-state index in [0.29, 0.717) is 25.0 Å². The summed E-state index contributed by atoms with van der Waals surface area (Å²) < 4.78 is 2.31. The molecule has 0 aliphatic heterocycles. The standard InChI is InChI=1S/C22H31ClN2O/c1-15-7-2-4-11-20(15)24-13-16(26)14-25-21-12-5-3-8-17(21)18-9-6-10-19(23)22(18)25/h6,9-10,15-16,20,24,26H,2-5,7-8,11-14H2,1H3/t15-,16+,20-/m1/s1. The van der Waals surface area contributed by atoms with Gasteiger partial charge in [-0.15, -0.1) is 0 Å². The Balaban J connectivity index is 1.53. The van der Waals surface area contributed by atoms with Gasteiger partial charge in [0.1, 0.15) is 0 Å². The van der Waals surface area contributed by atoms with E-state index >= 15 is 0 Å². The first-order valence-electron chi connectivity index (χ1n) is 10.3. The summed E-state index contributed by atoms with van der Waals surface area (Å²) in [6.45, 7) is 3.62. The van der Waals surface area contributed by atoms with Crippen LogP contribution in [0.5, 0.6) is 0 Å². The van der Waals surface area contributed by atoms with E-state index in [1.807, 2.05) is 12.1 Å². The Hall–Kier alpha value is -1.03. The topological polar surface area (TPSA) is 37.2 Å². The summed E-state index contributed by atoms with van der Waals surface area (Å²) in [6, 6.07) is 6.76. The van der Waals surface area contributed by atoms with Crippen LogP contribution in [0.4, 0.5) is 0 Å². The summed E-state index contributed by atoms with van der Waals surface area (Å²) in [5.74, 6) is 0.713. The molecule has 0 saturated heterocycles. The maximum atomic E-state index is 10.8. The largest absolute Gasteiger partial charge is 0.390 e. The van der Waals surface area contributed by atoms with Gasteiger partial charge in [-0.3, -0.25) is 0 Å². The molecular weight excluding hydrogens is 344 g/mol. The van der Waals surface area contributed by atoms with Crippen molar-refractivity contribution in [2.24, 2.45) is 5.92 Å². The zero-order valence-electron chi connectivity index (χ0n) is 15.8. The number of hydrogen-bond donors (Lipinski definition) is 2. The normalized spacial score (nSPS) is 24.6. The number of hydrogen-bond acceptors (Lipinski definition) is 2. The van der Waals surface area contributed by atoms with Crippen molar-refractivity contribution in [3.8, 4) is 0 Å². The van der Waals surface area contributed by atoms with Gasteiger partial charge in [0.15, 0.2) is 0 Å². The van der Waals surface area contributed by atoms with Crippen molar-refractivity contribution in [2.45, 2.75) is 77.0 Å². The van der Waals surface area contributed by atoms with Crippen molar-refractivity contribution in [3.05, 3.63) is 34.5 Å². The van der Waals surface area contributed by atoms with Gasteiger partial charge in [-0.05, 0) is 56.1 Å². The van der Waals surface area contributed by atoms with Gasteiger partial charge in [-0.25, -0.2) is 0 Å². The predicted octanol–water partition coefficient (Wildman–Crippen LogP) is 4.70. The fraction of sp³-hybridized carbons (Fsp3) is 0.636. The molecule has 0 amide bonds. The second kappa shape index (κ2) is 7.92. The Labute approximate surface area is 161 Å². The molecule has 1 aromatic carbocycles. The number of aromatic nitrogens is 1. The van der Waals surface area contributed by atoms with Crippen LogP contribution in [0, 0.1) is 5.92 Å². The third-order valence-electron chi connectivity index (χ3n) is 6.47. The van der Waals surface area contributed by atoms with E-state index in [-0.39, 0.29) is 6.10 Å². The molecule has 142 valence electrons. The molecule has 2 aromatic rings. The molecule has 4 rings (SSSR count). The van der Waals surface area contributed by atoms with E-state index in [2.05, 4.69) is 22.9 Å². The molecule has 0 spiro atoms. The average Bonchev–Trinajstić information content (AvgIpc) is 2.96. The van der Waals surface area contributed by atoms with Crippen molar-refractivity contribution >= 4 is 22.5 Å². The Morgan fingerprint density at radius 3 is 2.85 bits per heavy atom. The van der Waals surface area contributed by atoms with Crippen LogP contribution in [0.15, 0.2) is 18.2 Å². The third kappa shape index (κ3) is 3.54. The van der Waals surface area contributed by atoms with Gasteiger partial charge >= 0.3 is 0 Å². The molecule has 3 nitrogen and oxygen atoms in total. The van der Waals surface area contributed by atoms with Crippen molar-refractivity contribution < 1.29 is 5.11 Å². The maximum absolute atomic E-state index is 10.8. The average molecular weight is 375 g/mol. The number of aryl methyl sites for hydroxylation is 1. The van der Waals surface area contributed by atoms with E-state index in [9.17, 15) is 5.11 Å². The van der Waals surface area contributed by atoms with Crippen LogP contribution in [0.25, 0.3) is 10.9 Å². The molecule has 1 fully saturated rings. The van der Waals surface area contributed by atoms with E-state index < -0.39 is 0 Å². The van der Waals surface area contributed by atoms with Gasteiger partial charge in [0.05, 0.1) is 23.2 Å². The number of nitrogens with one attached hydrogen (secondary N) is 1. The highest BCUT2D eigenvalue weighted by Crippen LogP contribution is 2.35. The van der Waals surface area contributed by atoms with Crippen LogP contribution in [0.1, 0.15) is 56.7 Å². The minimum absolute atomic E-state index is 0.387. The Morgan fingerprint density at radius 2 is 2.00 bits per heavy atom. The van der Waals surface area contributed by atoms with Gasteiger partial charge in [-0.2, -0.15) is 0 Å². The fourth-order valence-corrected chi connectivity index (χ4v) is 5.31. The number of benzene rings is 1. The highest BCUT2D eigenvalue weighted by molar-refractivity contribution is 6.35. The van der Waals surface area contributed by atoms with Gasteiger partial charge in [0.2, 0.25) is 0 Å². The Bertz CT molecular complexity index is 769. The molecule has 2 N–H and O–H groups in total. The lowest BCUT2D eigenvalue weighted by Gasteiger charge is -2.30. The smallest absolute Gasteiger partial charge is 0.0843 e. The maximum Gasteiger partial charge on any atom is 0.0843 e. The SMILES string of the molecule is C[C@@H]1CCCC[C@H]1NC[C@H](O)Cn1c2c(c3cccc(Cl)c31)CCCC2. The van der Waals surface area contributed by atoms with E-state index in [1.165, 1.54) is 55.2 Å². The summed E-state index contributed by atoms with van der Waals surface area (Å²) in [6.07, 6.45) is 9.53. The van der Waals surface area contributed by atoms with Crippen molar-refractivity contribution in [1.29, 1.82) is 0 Å². The summed E-state index contributed by atoms with van der Waals surface area (Å²) in [5, 5.41) is 16.5. The lowest BCUT2D eigenvalue weighted by molar-refractivity contribution is 0.138. The summed E-state index contributed by atoms with van der Waals surface area (Å²) in [5.41, 5.74) is 3.96. The molecule has 3 atom stereocenters. The van der Waals surface area contributed by atoms with E-state index in [0.717, 1.165) is 23.4 Å². The molecule has 1 heterocycles. The first kappa shape index (κ1) is 18.3. The molecule has 1 saturated carbocycles. The monoisotopic (exact) mass is 374 g/mol. The molecule has 4 heteroatoms. The molecule has 26 heavy (non-hydrogen) atoms. The zero-order chi connectivity index (χ0) is 18.1. The van der Waals surface area contributed by atoms with Crippen LogP contribution < -0.4 is 5.32 Å². The number of aliphatic hydroxyl groups is 1. The number of para-hydroxylation sites is 1. The van der Waals surface area contributed by atoms with Crippen LogP contribution >= 0.6 is 11.6 Å². The number of fused-ring (bicyclic) bond motifs is 3. The highest BCUT2D eigenvalue weighted by atomic mass is 35.5. The quantitative estimate of drug-likeness (QED) is 0.795.